The van der Waals surface area contributed by atoms with Crippen molar-refractivity contribution in [1.82, 2.24) is 20.0 Å². The van der Waals surface area contributed by atoms with Crippen molar-refractivity contribution in [1.29, 1.82) is 0 Å². The second-order valence-corrected chi connectivity index (χ2v) is 5.50. The Kier molecular flexibility index (Phi) is 2.27. The molecule has 1 aliphatic heterocycles. The van der Waals surface area contributed by atoms with Crippen LogP contribution in [0.15, 0.2) is 18.3 Å². The lowest BCUT2D eigenvalue weighted by Crippen LogP contribution is -2.41. The Morgan fingerprint density at radius 1 is 1.17 bits per heavy atom. The molecule has 3 rings (SSSR count). The van der Waals surface area contributed by atoms with Crippen LogP contribution in [0.4, 0.5) is 0 Å². The number of rotatable bonds is 1. The molecule has 0 bridgehead atoms. The predicted octanol–water partition coefficient (Wildman–Crippen LogP) is 0.423. The van der Waals surface area contributed by atoms with Crippen LogP contribution < -0.4 is 5.46 Å². The van der Waals surface area contributed by atoms with Gasteiger partial charge in [0.25, 0.3) is 0 Å². The van der Waals surface area contributed by atoms with Crippen molar-refractivity contribution in [2.24, 2.45) is 0 Å². The van der Waals surface area contributed by atoms with E-state index in [1.807, 2.05) is 39.8 Å². The third-order valence-corrected chi connectivity index (χ3v) is 3.76. The zero-order valence-corrected chi connectivity index (χ0v) is 10.9. The minimum atomic E-state index is -0.440. The van der Waals surface area contributed by atoms with Gasteiger partial charge in [-0.3, -0.25) is 0 Å². The van der Waals surface area contributed by atoms with Crippen LogP contribution >= 0.6 is 0 Å². The van der Waals surface area contributed by atoms with Crippen LogP contribution in [0.5, 0.6) is 0 Å². The lowest BCUT2D eigenvalue weighted by atomic mass is 9.80. The van der Waals surface area contributed by atoms with Crippen LogP contribution in [0.3, 0.4) is 0 Å². The van der Waals surface area contributed by atoms with Crippen molar-refractivity contribution in [2.45, 2.75) is 38.9 Å². The maximum absolute atomic E-state index is 6.00. The first kappa shape index (κ1) is 11.6. The summed E-state index contributed by atoms with van der Waals surface area (Å²) in [7, 11) is -0.440. The van der Waals surface area contributed by atoms with Gasteiger partial charge in [0, 0.05) is 11.7 Å². The Morgan fingerprint density at radius 2 is 1.83 bits per heavy atom. The van der Waals surface area contributed by atoms with E-state index in [-0.39, 0.29) is 11.2 Å². The molecule has 0 unspecified atom stereocenters. The van der Waals surface area contributed by atoms with Gasteiger partial charge < -0.3 is 9.31 Å². The molecule has 1 saturated heterocycles. The van der Waals surface area contributed by atoms with Gasteiger partial charge in [-0.15, -0.1) is 5.10 Å². The summed E-state index contributed by atoms with van der Waals surface area (Å²) in [4.78, 5) is 0. The first-order chi connectivity index (χ1) is 8.41. The van der Waals surface area contributed by atoms with E-state index in [1.54, 1.807) is 10.7 Å². The Morgan fingerprint density at radius 3 is 2.50 bits per heavy atom. The smallest absolute Gasteiger partial charge is 0.399 e. The highest BCUT2D eigenvalue weighted by Crippen LogP contribution is 2.36. The molecule has 0 saturated carbocycles. The molecule has 2 aromatic rings. The first-order valence-electron chi connectivity index (χ1n) is 5.93. The Balaban J connectivity index is 2.05. The number of pyridine rings is 1. The lowest BCUT2D eigenvalue weighted by molar-refractivity contribution is 0.00578. The van der Waals surface area contributed by atoms with Crippen molar-refractivity contribution in [3.63, 3.8) is 0 Å². The van der Waals surface area contributed by atoms with Gasteiger partial charge in [0.2, 0.25) is 0 Å². The molecule has 6 nitrogen and oxygen atoms in total. The molecule has 1 fully saturated rings. The highest BCUT2D eigenvalue weighted by molar-refractivity contribution is 6.64. The molecule has 0 amide bonds. The normalized spacial score (nSPS) is 21.7. The molecule has 2 aromatic heterocycles. The fourth-order valence-corrected chi connectivity index (χ4v) is 1.94. The van der Waals surface area contributed by atoms with Gasteiger partial charge in [-0.2, -0.15) is 0 Å². The highest BCUT2D eigenvalue weighted by Gasteiger charge is 2.52. The van der Waals surface area contributed by atoms with E-state index in [0.29, 0.717) is 5.65 Å². The molecule has 1 aliphatic rings. The maximum Gasteiger partial charge on any atom is 0.498 e. The van der Waals surface area contributed by atoms with Crippen molar-refractivity contribution in [3.05, 3.63) is 18.3 Å². The Labute approximate surface area is 105 Å². The minimum Gasteiger partial charge on any atom is -0.399 e. The number of nitrogens with zero attached hydrogens (tertiary/aromatic N) is 4. The van der Waals surface area contributed by atoms with Crippen LogP contribution in [-0.2, 0) is 9.31 Å². The SMILES string of the molecule is CC1(C)OB(c2cccn3nnnc23)OC1(C)C. The van der Waals surface area contributed by atoms with Gasteiger partial charge in [0.05, 0.1) is 11.2 Å². The number of hydrogen-bond acceptors (Lipinski definition) is 5. The minimum absolute atomic E-state index is 0.363. The van der Waals surface area contributed by atoms with Gasteiger partial charge in [-0.05, 0) is 44.2 Å². The first-order valence-corrected chi connectivity index (χ1v) is 5.93. The van der Waals surface area contributed by atoms with Crippen molar-refractivity contribution < 1.29 is 9.31 Å². The summed E-state index contributed by atoms with van der Waals surface area (Å²) in [5.41, 5.74) is 0.785. The molecule has 0 spiro atoms. The lowest BCUT2D eigenvalue weighted by Gasteiger charge is -2.32. The molecule has 0 aliphatic carbocycles. The van der Waals surface area contributed by atoms with E-state index in [2.05, 4.69) is 15.5 Å². The van der Waals surface area contributed by atoms with Crippen LogP contribution in [0.25, 0.3) is 5.65 Å². The third-order valence-electron chi connectivity index (χ3n) is 3.76. The second-order valence-electron chi connectivity index (χ2n) is 5.50. The van der Waals surface area contributed by atoms with E-state index >= 15 is 0 Å². The van der Waals surface area contributed by atoms with Gasteiger partial charge in [0.15, 0.2) is 5.65 Å². The summed E-state index contributed by atoms with van der Waals surface area (Å²) in [6.07, 6.45) is 1.80. The molecular formula is C11H15BN4O2. The largest absolute Gasteiger partial charge is 0.498 e. The molecule has 0 aromatic carbocycles. The van der Waals surface area contributed by atoms with Crippen LogP contribution in [0.1, 0.15) is 27.7 Å². The van der Waals surface area contributed by atoms with Gasteiger partial charge in [-0.25, -0.2) is 4.52 Å². The summed E-state index contributed by atoms with van der Waals surface area (Å²) in [5, 5.41) is 11.5. The van der Waals surface area contributed by atoms with Crippen molar-refractivity contribution in [2.75, 3.05) is 0 Å². The van der Waals surface area contributed by atoms with E-state index in [4.69, 9.17) is 9.31 Å². The summed E-state index contributed by atoms with van der Waals surface area (Å²) in [5.74, 6) is 0. The average Bonchev–Trinajstić information content (AvgIpc) is 2.81. The average molecular weight is 246 g/mol. The van der Waals surface area contributed by atoms with Crippen LogP contribution in [0.2, 0.25) is 0 Å². The molecule has 7 heteroatoms. The van der Waals surface area contributed by atoms with Gasteiger partial charge in [0.1, 0.15) is 0 Å². The highest BCUT2D eigenvalue weighted by atomic mass is 16.7. The fourth-order valence-electron chi connectivity index (χ4n) is 1.94. The molecule has 0 radical (unpaired) electrons. The number of aromatic nitrogens is 4. The standard InChI is InChI=1S/C11H15BN4O2/c1-10(2)11(3,4)18-12(17-10)8-6-5-7-16-9(8)13-14-15-16/h5-7H,1-4H3. The Hall–Kier alpha value is -1.47. The third kappa shape index (κ3) is 1.54. The molecule has 0 atom stereocenters. The zero-order chi connectivity index (χ0) is 13.0. The Bertz CT molecular complexity index is 579. The summed E-state index contributed by atoms with van der Waals surface area (Å²) < 4.78 is 13.6. The van der Waals surface area contributed by atoms with Gasteiger partial charge >= 0.3 is 7.12 Å². The van der Waals surface area contributed by atoms with Gasteiger partial charge in [-0.1, -0.05) is 6.07 Å². The van der Waals surface area contributed by atoms with Crippen molar-refractivity contribution >= 4 is 18.2 Å². The maximum atomic E-state index is 6.00. The zero-order valence-electron chi connectivity index (χ0n) is 10.9. The topological polar surface area (TPSA) is 61.5 Å². The predicted molar refractivity (Wildman–Crippen MR) is 66.5 cm³/mol. The fraction of sp³-hybridized carbons (Fsp3) is 0.545. The number of tetrazole rings is 1. The number of fused-ring (bicyclic) bond motifs is 1. The number of hydrogen-bond donors (Lipinski definition) is 0. The van der Waals surface area contributed by atoms with Crippen LogP contribution in [0, 0.1) is 0 Å². The monoisotopic (exact) mass is 246 g/mol. The molecule has 0 N–H and O–H groups in total. The van der Waals surface area contributed by atoms with E-state index in [9.17, 15) is 0 Å². The van der Waals surface area contributed by atoms with E-state index in [0.717, 1.165) is 5.46 Å². The van der Waals surface area contributed by atoms with E-state index in [1.165, 1.54) is 0 Å². The quantitative estimate of drug-likeness (QED) is 0.682. The van der Waals surface area contributed by atoms with Crippen molar-refractivity contribution in [3.8, 4) is 0 Å². The molecule has 3 heterocycles. The second kappa shape index (κ2) is 3.52. The summed E-state index contributed by atoms with van der Waals surface area (Å²) >= 11 is 0. The summed E-state index contributed by atoms with van der Waals surface area (Å²) in [6, 6.07) is 3.80. The van der Waals surface area contributed by atoms with Crippen LogP contribution in [-0.4, -0.2) is 38.4 Å². The molecule has 94 valence electrons. The van der Waals surface area contributed by atoms with E-state index < -0.39 is 7.12 Å². The molecular weight excluding hydrogens is 231 g/mol. The molecule has 18 heavy (non-hydrogen) atoms. The summed E-state index contributed by atoms with van der Waals surface area (Å²) in [6.45, 7) is 8.09.